The molecule has 0 saturated carbocycles. The van der Waals surface area contributed by atoms with E-state index in [9.17, 15) is 9.18 Å². The molecule has 0 saturated heterocycles. The highest BCUT2D eigenvalue weighted by atomic mass is 35.5. The minimum absolute atomic E-state index is 0. The number of hydrogen-bond acceptors (Lipinski definition) is 4. The number of benzene rings is 1. The number of halogens is 3. The summed E-state index contributed by atoms with van der Waals surface area (Å²) in [6, 6.07) is 5.41. The Morgan fingerprint density at radius 2 is 1.97 bits per heavy atom. The molecule has 2 aromatic heterocycles. The van der Waals surface area contributed by atoms with Crippen LogP contribution in [0.2, 0.25) is 0 Å². The van der Waals surface area contributed by atoms with Gasteiger partial charge in [0.1, 0.15) is 5.82 Å². The van der Waals surface area contributed by atoms with E-state index < -0.39 is 0 Å². The fourth-order valence-corrected chi connectivity index (χ4v) is 3.72. The van der Waals surface area contributed by atoms with Crippen LogP contribution in [0.5, 0.6) is 0 Å². The predicted octanol–water partition coefficient (Wildman–Crippen LogP) is 5.02. The zero-order valence-electron chi connectivity index (χ0n) is 18.0. The van der Waals surface area contributed by atoms with E-state index in [0.29, 0.717) is 35.1 Å². The van der Waals surface area contributed by atoms with Crippen molar-refractivity contribution in [3.8, 4) is 0 Å². The quantitative estimate of drug-likeness (QED) is 0.565. The normalized spacial score (nSPS) is 13.0. The third-order valence-corrected chi connectivity index (χ3v) is 5.37. The van der Waals surface area contributed by atoms with Crippen molar-refractivity contribution in [3.63, 3.8) is 0 Å². The molecule has 168 valence electrons. The lowest BCUT2D eigenvalue weighted by Gasteiger charge is -2.19. The molecule has 0 atom stereocenters. The van der Waals surface area contributed by atoms with Crippen LogP contribution in [0, 0.1) is 5.82 Å². The Labute approximate surface area is 193 Å². The lowest BCUT2D eigenvalue weighted by atomic mass is 9.99. The van der Waals surface area contributed by atoms with Gasteiger partial charge in [-0.3, -0.25) is 4.79 Å². The summed E-state index contributed by atoms with van der Waals surface area (Å²) >= 11 is 0. The summed E-state index contributed by atoms with van der Waals surface area (Å²) in [5.41, 5.74) is 3.78. The van der Waals surface area contributed by atoms with Gasteiger partial charge in [0.25, 0.3) is 5.91 Å². The van der Waals surface area contributed by atoms with Crippen LogP contribution in [0.4, 0.5) is 10.1 Å². The molecule has 1 aromatic carbocycles. The van der Waals surface area contributed by atoms with Crippen molar-refractivity contribution >= 4 is 47.4 Å². The number of hydrogen-bond donors (Lipinski definition) is 2. The first-order chi connectivity index (χ1) is 13.9. The Morgan fingerprint density at radius 3 is 2.65 bits per heavy atom. The summed E-state index contributed by atoms with van der Waals surface area (Å²) in [6.07, 6.45) is 2.28. The molecule has 0 fully saturated rings. The van der Waals surface area contributed by atoms with Crippen LogP contribution < -0.4 is 10.6 Å². The fraction of sp³-hybridized carbons (Fsp3) is 0.409. The molecule has 1 aliphatic heterocycles. The first-order valence-electron chi connectivity index (χ1n) is 10.1. The summed E-state index contributed by atoms with van der Waals surface area (Å²) in [6.45, 7) is 9.49. The molecule has 0 unspecified atom stereocenters. The number of fused-ring (bicyclic) bond motifs is 2. The fourth-order valence-electron chi connectivity index (χ4n) is 3.72. The average Bonchev–Trinajstić information content (AvgIpc) is 3.13. The number of anilines is 1. The number of carbonyl (C=O) groups excluding carboxylic acids is 1. The topological polar surface area (TPSA) is 71.8 Å². The molecule has 1 amide bonds. The largest absolute Gasteiger partial charge is 0.319 e. The smallest absolute Gasteiger partial charge is 0.256 e. The molecular weight excluding hydrogens is 440 g/mol. The Balaban J connectivity index is 0.00000171. The van der Waals surface area contributed by atoms with Crippen LogP contribution in [0.25, 0.3) is 11.0 Å². The van der Waals surface area contributed by atoms with Gasteiger partial charge in [-0.1, -0.05) is 19.9 Å². The van der Waals surface area contributed by atoms with E-state index in [1.165, 1.54) is 0 Å². The van der Waals surface area contributed by atoms with Gasteiger partial charge in [-0.05, 0) is 56.0 Å². The Morgan fingerprint density at radius 1 is 1.23 bits per heavy atom. The number of nitrogens with zero attached hydrogens (tertiary/aromatic N) is 3. The number of pyridine rings is 1. The highest BCUT2D eigenvalue weighted by Crippen LogP contribution is 2.28. The molecule has 2 N–H and O–H groups in total. The van der Waals surface area contributed by atoms with Gasteiger partial charge in [0.2, 0.25) is 0 Å². The summed E-state index contributed by atoms with van der Waals surface area (Å²) in [5.74, 6) is -0.547. The highest BCUT2D eigenvalue weighted by Gasteiger charge is 2.22. The summed E-state index contributed by atoms with van der Waals surface area (Å²) in [4.78, 5) is 17.9. The van der Waals surface area contributed by atoms with E-state index in [-0.39, 0.29) is 54.2 Å². The van der Waals surface area contributed by atoms with Gasteiger partial charge < -0.3 is 10.6 Å². The second-order valence-corrected chi connectivity index (χ2v) is 8.12. The molecule has 0 radical (unpaired) electrons. The van der Waals surface area contributed by atoms with Crippen molar-refractivity contribution in [3.05, 3.63) is 52.6 Å². The molecule has 31 heavy (non-hydrogen) atoms. The molecule has 3 aromatic rings. The molecule has 0 spiro atoms. The van der Waals surface area contributed by atoms with Gasteiger partial charge in [0.15, 0.2) is 5.65 Å². The van der Waals surface area contributed by atoms with Gasteiger partial charge >= 0.3 is 0 Å². The van der Waals surface area contributed by atoms with Crippen molar-refractivity contribution in [2.24, 2.45) is 0 Å². The maximum Gasteiger partial charge on any atom is 0.256 e. The van der Waals surface area contributed by atoms with Gasteiger partial charge in [0.05, 0.1) is 22.8 Å². The molecule has 0 aliphatic carbocycles. The van der Waals surface area contributed by atoms with E-state index in [4.69, 9.17) is 4.98 Å². The van der Waals surface area contributed by atoms with Gasteiger partial charge in [-0.25, -0.2) is 14.1 Å². The van der Waals surface area contributed by atoms with E-state index in [1.807, 2.05) is 38.4 Å². The molecule has 9 heteroatoms. The first kappa shape index (κ1) is 25.0. The van der Waals surface area contributed by atoms with Crippen LogP contribution in [0.15, 0.2) is 24.4 Å². The van der Waals surface area contributed by atoms with Crippen molar-refractivity contribution < 1.29 is 9.18 Å². The number of amides is 1. The first-order valence-corrected chi connectivity index (χ1v) is 10.1. The molecular formula is C22H28Cl2FN5O. The van der Waals surface area contributed by atoms with Crippen molar-refractivity contribution in [1.29, 1.82) is 0 Å². The Kier molecular flexibility index (Phi) is 8.03. The van der Waals surface area contributed by atoms with Gasteiger partial charge in [-0.15, -0.1) is 24.8 Å². The maximum atomic E-state index is 15.0. The lowest BCUT2D eigenvalue weighted by Crippen LogP contribution is -2.25. The Hall–Kier alpha value is -2.22. The molecule has 3 heterocycles. The third-order valence-electron chi connectivity index (χ3n) is 5.37. The van der Waals surface area contributed by atoms with Crippen LogP contribution in [-0.4, -0.2) is 27.2 Å². The van der Waals surface area contributed by atoms with Crippen molar-refractivity contribution in [1.82, 2.24) is 20.1 Å². The predicted molar refractivity (Wildman–Crippen MR) is 126 cm³/mol. The molecule has 0 bridgehead atoms. The number of carbonyl (C=O) groups is 1. The van der Waals surface area contributed by atoms with E-state index >= 15 is 0 Å². The number of nitrogens with one attached hydrogen (secondary N) is 2. The number of aromatic nitrogens is 3. The SMILES string of the molecule is CC(C)c1cc(C(=O)Nc2ccc3c(c2F)CCNC3)c2cnn(C(C)C)c2n1.Cl.Cl. The Bertz CT molecular complexity index is 1100. The molecule has 6 nitrogen and oxygen atoms in total. The van der Waals surface area contributed by atoms with E-state index in [2.05, 4.69) is 15.7 Å². The third kappa shape index (κ3) is 4.68. The highest BCUT2D eigenvalue weighted by molar-refractivity contribution is 6.12. The van der Waals surface area contributed by atoms with Crippen molar-refractivity contribution in [2.45, 2.75) is 52.6 Å². The number of rotatable bonds is 4. The summed E-state index contributed by atoms with van der Waals surface area (Å²) in [5, 5.41) is 11.1. The summed E-state index contributed by atoms with van der Waals surface area (Å²) in [7, 11) is 0. The van der Waals surface area contributed by atoms with Crippen LogP contribution in [0.1, 0.15) is 66.8 Å². The maximum absolute atomic E-state index is 15.0. The minimum atomic E-state index is -0.351. The average molecular weight is 468 g/mol. The standard InChI is InChI=1S/C22H26FN5O.2ClH/c1-12(2)19-9-16(17-11-25-28(13(3)4)21(17)26-19)22(29)27-18-6-5-14-10-24-8-7-15(14)20(18)23;;/h5-6,9,11-13,24H,7-8,10H2,1-4H3,(H,27,29);2*1H. The van der Waals surface area contributed by atoms with Gasteiger partial charge in [-0.2, -0.15) is 5.10 Å². The zero-order chi connectivity index (χ0) is 20.7. The van der Waals surface area contributed by atoms with Crippen LogP contribution in [0.3, 0.4) is 0 Å². The second kappa shape index (κ2) is 9.94. The van der Waals surface area contributed by atoms with Crippen LogP contribution in [-0.2, 0) is 13.0 Å². The monoisotopic (exact) mass is 467 g/mol. The molecule has 1 aliphatic rings. The van der Waals surface area contributed by atoms with E-state index in [1.54, 1.807) is 18.3 Å². The zero-order valence-corrected chi connectivity index (χ0v) is 19.7. The molecule has 4 rings (SSSR count). The van der Waals surface area contributed by atoms with Crippen molar-refractivity contribution in [2.75, 3.05) is 11.9 Å². The van der Waals surface area contributed by atoms with E-state index in [0.717, 1.165) is 17.8 Å². The second-order valence-electron chi connectivity index (χ2n) is 8.12. The van der Waals surface area contributed by atoms with Crippen LogP contribution >= 0.6 is 24.8 Å². The minimum Gasteiger partial charge on any atom is -0.319 e. The van der Waals surface area contributed by atoms with Gasteiger partial charge in [0, 0.05) is 18.3 Å². The lowest BCUT2D eigenvalue weighted by molar-refractivity contribution is 0.102. The summed E-state index contributed by atoms with van der Waals surface area (Å²) < 4.78 is 16.8.